The van der Waals surface area contributed by atoms with Crippen LogP contribution in [0.5, 0.6) is 0 Å². The Morgan fingerprint density at radius 2 is 1.92 bits per heavy atom. The van der Waals surface area contributed by atoms with Crippen LogP contribution in [0, 0.1) is 11.7 Å². The Kier molecular flexibility index (Phi) is 6.64. The van der Waals surface area contributed by atoms with Gasteiger partial charge in [0.1, 0.15) is 5.82 Å². The molecule has 1 heterocycles. The number of piperidine rings is 1. The van der Waals surface area contributed by atoms with Crippen molar-refractivity contribution in [3.05, 3.63) is 35.6 Å². The molecule has 1 aromatic carbocycles. The monoisotopic (exact) mass is 360 g/mol. The highest BCUT2D eigenvalue weighted by molar-refractivity contribution is 5.84. The highest BCUT2D eigenvalue weighted by Crippen LogP contribution is 2.27. The molecule has 2 aliphatic rings. The van der Waals surface area contributed by atoms with Crippen LogP contribution in [-0.2, 0) is 16.0 Å². The van der Waals surface area contributed by atoms with Gasteiger partial charge in [-0.15, -0.1) is 0 Å². The molecule has 3 rings (SSSR count). The van der Waals surface area contributed by atoms with Crippen molar-refractivity contribution in [3.63, 3.8) is 0 Å². The maximum atomic E-state index is 13.2. The zero-order valence-electron chi connectivity index (χ0n) is 15.4. The fourth-order valence-corrected chi connectivity index (χ4v) is 4.17. The molecule has 0 spiro atoms. The average Bonchev–Trinajstić information content (AvgIpc) is 2.91. The molecule has 0 bridgehead atoms. The molecule has 2 amide bonds. The zero-order chi connectivity index (χ0) is 18.4. The van der Waals surface area contributed by atoms with Crippen molar-refractivity contribution in [2.75, 3.05) is 13.1 Å². The van der Waals surface area contributed by atoms with Gasteiger partial charge in [-0.1, -0.05) is 37.8 Å². The maximum absolute atomic E-state index is 13.2. The van der Waals surface area contributed by atoms with E-state index in [1.54, 1.807) is 6.07 Å². The Morgan fingerprint density at radius 1 is 1.15 bits per heavy atom. The van der Waals surface area contributed by atoms with Gasteiger partial charge in [-0.05, 0) is 43.4 Å². The summed E-state index contributed by atoms with van der Waals surface area (Å²) in [6.45, 7) is 1.05. The van der Waals surface area contributed by atoms with E-state index < -0.39 is 0 Å². The molecule has 0 radical (unpaired) electrons. The van der Waals surface area contributed by atoms with Crippen LogP contribution >= 0.6 is 0 Å². The first-order chi connectivity index (χ1) is 12.6. The first-order valence-corrected chi connectivity index (χ1v) is 9.95. The predicted molar refractivity (Wildman–Crippen MR) is 99.0 cm³/mol. The Hall–Kier alpha value is -1.91. The molecule has 5 heteroatoms. The quantitative estimate of drug-likeness (QED) is 0.818. The Bertz CT molecular complexity index is 626. The van der Waals surface area contributed by atoms with Gasteiger partial charge in [0, 0.05) is 25.6 Å². The molecule has 4 nitrogen and oxygen atoms in total. The fraction of sp³-hybridized carbons (Fsp3) is 0.619. The number of halogens is 1. The van der Waals surface area contributed by atoms with Gasteiger partial charge in [0.2, 0.25) is 11.8 Å². The van der Waals surface area contributed by atoms with Gasteiger partial charge in [-0.25, -0.2) is 4.39 Å². The van der Waals surface area contributed by atoms with E-state index in [4.69, 9.17) is 0 Å². The normalized spacial score (nSPS) is 22.1. The predicted octanol–water partition coefficient (Wildman–Crippen LogP) is 3.45. The molecule has 1 aromatic rings. The molecule has 0 aromatic heterocycles. The first-order valence-electron chi connectivity index (χ1n) is 9.95. The van der Waals surface area contributed by atoms with Crippen LogP contribution in [0.2, 0.25) is 0 Å². The topological polar surface area (TPSA) is 49.4 Å². The highest BCUT2D eigenvalue weighted by atomic mass is 19.1. The smallest absolute Gasteiger partial charge is 0.224 e. The third kappa shape index (κ3) is 5.05. The Labute approximate surface area is 155 Å². The number of amides is 2. The van der Waals surface area contributed by atoms with Crippen molar-refractivity contribution >= 4 is 11.8 Å². The van der Waals surface area contributed by atoms with Crippen molar-refractivity contribution in [1.82, 2.24) is 10.2 Å². The molecule has 1 saturated heterocycles. The number of nitrogens with zero attached hydrogens (tertiary/aromatic N) is 1. The zero-order valence-corrected chi connectivity index (χ0v) is 15.4. The molecule has 1 aliphatic heterocycles. The number of carbonyl (C=O) groups is 2. The fourth-order valence-electron chi connectivity index (χ4n) is 4.17. The molecule has 1 N–H and O–H groups in total. The lowest BCUT2D eigenvalue weighted by molar-refractivity contribution is -0.141. The maximum Gasteiger partial charge on any atom is 0.224 e. The molecular weight excluding hydrogens is 331 g/mol. The molecule has 1 atom stereocenters. The van der Waals surface area contributed by atoms with E-state index >= 15 is 0 Å². The van der Waals surface area contributed by atoms with Gasteiger partial charge in [-0.2, -0.15) is 0 Å². The summed E-state index contributed by atoms with van der Waals surface area (Å²) in [7, 11) is 0. The van der Waals surface area contributed by atoms with Crippen molar-refractivity contribution in [1.29, 1.82) is 0 Å². The third-order valence-electron chi connectivity index (χ3n) is 5.68. The van der Waals surface area contributed by atoms with Crippen molar-refractivity contribution in [2.45, 2.75) is 63.8 Å². The number of benzene rings is 1. The van der Waals surface area contributed by atoms with Crippen LogP contribution in [0.25, 0.3) is 0 Å². The standard InChI is InChI=1S/C21H29FN2O2/c22-18-7-5-6-16(14-18)12-13-23-21(26)17-10-11-20(25)24(15-17)19-8-3-1-2-4-9-19/h5-7,14,17,19H,1-4,8-13,15H2,(H,23,26)/t17-/m1/s1. The summed E-state index contributed by atoms with van der Waals surface area (Å²) in [5.74, 6) is -0.143. The number of hydrogen-bond donors (Lipinski definition) is 1. The van der Waals surface area contributed by atoms with E-state index in [0.717, 1.165) is 18.4 Å². The van der Waals surface area contributed by atoms with Crippen LogP contribution in [0.4, 0.5) is 4.39 Å². The van der Waals surface area contributed by atoms with E-state index in [-0.39, 0.29) is 23.5 Å². The van der Waals surface area contributed by atoms with Gasteiger partial charge < -0.3 is 10.2 Å². The van der Waals surface area contributed by atoms with Gasteiger partial charge >= 0.3 is 0 Å². The van der Waals surface area contributed by atoms with E-state index in [1.165, 1.54) is 37.8 Å². The van der Waals surface area contributed by atoms with E-state index in [2.05, 4.69) is 5.32 Å². The Balaban J connectivity index is 1.49. The van der Waals surface area contributed by atoms with Crippen LogP contribution in [0.3, 0.4) is 0 Å². The molecule has 26 heavy (non-hydrogen) atoms. The minimum atomic E-state index is -0.251. The average molecular weight is 360 g/mol. The largest absolute Gasteiger partial charge is 0.355 e. The van der Waals surface area contributed by atoms with Gasteiger partial charge in [-0.3, -0.25) is 9.59 Å². The number of carbonyl (C=O) groups excluding carboxylic acids is 2. The van der Waals surface area contributed by atoms with Crippen molar-refractivity contribution < 1.29 is 14.0 Å². The summed E-state index contributed by atoms with van der Waals surface area (Å²) < 4.78 is 13.2. The minimum absolute atomic E-state index is 0.0209. The SMILES string of the molecule is O=C(NCCc1cccc(F)c1)[C@@H]1CCC(=O)N(C2CCCCCC2)C1. The molecule has 0 unspecified atom stereocenters. The Morgan fingerprint density at radius 3 is 2.65 bits per heavy atom. The molecule has 142 valence electrons. The van der Waals surface area contributed by atoms with Gasteiger partial charge in [0.15, 0.2) is 0 Å². The lowest BCUT2D eigenvalue weighted by atomic mass is 9.93. The molecule has 1 aliphatic carbocycles. The molecule has 1 saturated carbocycles. The summed E-state index contributed by atoms with van der Waals surface area (Å²) in [6.07, 6.45) is 8.72. The second-order valence-corrected chi connectivity index (χ2v) is 7.60. The van der Waals surface area contributed by atoms with E-state index in [1.807, 2.05) is 11.0 Å². The van der Waals surface area contributed by atoms with Crippen molar-refractivity contribution in [3.8, 4) is 0 Å². The highest BCUT2D eigenvalue weighted by Gasteiger charge is 2.34. The number of likely N-dealkylation sites (tertiary alicyclic amines) is 1. The van der Waals surface area contributed by atoms with E-state index in [0.29, 0.717) is 38.4 Å². The summed E-state index contributed by atoms with van der Waals surface area (Å²) in [4.78, 5) is 26.9. The number of rotatable bonds is 5. The lowest BCUT2D eigenvalue weighted by Crippen LogP contribution is -2.50. The number of nitrogens with one attached hydrogen (secondary N) is 1. The van der Waals surface area contributed by atoms with Crippen molar-refractivity contribution in [2.24, 2.45) is 5.92 Å². The summed E-state index contributed by atoms with van der Waals surface area (Å²) >= 11 is 0. The van der Waals surface area contributed by atoms with Crippen LogP contribution < -0.4 is 5.32 Å². The second kappa shape index (κ2) is 9.15. The van der Waals surface area contributed by atoms with Gasteiger partial charge in [0.05, 0.1) is 5.92 Å². The van der Waals surface area contributed by atoms with Crippen LogP contribution in [0.15, 0.2) is 24.3 Å². The first kappa shape index (κ1) is 18.9. The molecule has 2 fully saturated rings. The molecular formula is C21H29FN2O2. The number of hydrogen-bond acceptors (Lipinski definition) is 2. The van der Waals surface area contributed by atoms with Crippen LogP contribution in [0.1, 0.15) is 56.9 Å². The lowest BCUT2D eigenvalue weighted by Gasteiger charge is -2.37. The summed E-state index contributed by atoms with van der Waals surface area (Å²) in [6, 6.07) is 6.78. The van der Waals surface area contributed by atoms with Gasteiger partial charge in [0.25, 0.3) is 0 Å². The minimum Gasteiger partial charge on any atom is -0.355 e. The third-order valence-corrected chi connectivity index (χ3v) is 5.68. The van der Waals surface area contributed by atoms with E-state index in [9.17, 15) is 14.0 Å². The summed E-state index contributed by atoms with van der Waals surface area (Å²) in [5, 5.41) is 2.97. The van der Waals surface area contributed by atoms with Crippen LogP contribution in [-0.4, -0.2) is 35.8 Å². The second-order valence-electron chi connectivity index (χ2n) is 7.60. The summed E-state index contributed by atoms with van der Waals surface area (Å²) in [5.41, 5.74) is 0.879.